The molecule has 0 aliphatic carbocycles. The largest absolute Gasteiger partial charge is 0.444 e. The van der Waals surface area contributed by atoms with Gasteiger partial charge in [0, 0.05) is 6.61 Å². The highest BCUT2D eigenvalue weighted by molar-refractivity contribution is 5.68. The lowest BCUT2D eigenvalue weighted by molar-refractivity contribution is -0.183. The Morgan fingerprint density at radius 3 is 2.65 bits per heavy atom. The Labute approximate surface area is 156 Å². The van der Waals surface area contributed by atoms with Crippen LogP contribution in [0.4, 0.5) is 4.79 Å². The van der Waals surface area contributed by atoms with Crippen LogP contribution in [0.15, 0.2) is 43.0 Å². The third-order valence-corrected chi connectivity index (χ3v) is 4.08. The molecular weight excluding hydrogens is 330 g/mol. The van der Waals surface area contributed by atoms with Crippen molar-refractivity contribution in [2.24, 2.45) is 0 Å². The number of amides is 1. The molecule has 5 heteroatoms. The highest BCUT2D eigenvalue weighted by atomic mass is 16.7. The SMILES string of the molecule is C=C[C@H](OC1CCCCO1)[C@H](Cc1ccccc1)NC(=O)OC(C)(C)C. The first-order valence-electron chi connectivity index (χ1n) is 9.30. The molecule has 1 aliphatic heterocycles. The topological polar surface area (TPSA) is 56.8 Å². The summed E-state index contributed by atoms with van der Waals surface area (Å²) >= 11 is 0. The highest BCUT2D eigenvalue weighted by Gasteiger charge is 2.28. The van der Waals surface area contributed by atoms with Crippen molar-refractivity contribution in [3.05, 3.63) is 48.6 Å². The summed E-state index contributed by atoms with van der Waals surface area (Å²) in [7, 11) is 0. The van der Waals surface area contributed by atoms with Gasteiger partial charge in [0.25, 0.3) is 0 Å². The maximum absolute atomic E-state index is 12.3. The highest BCUT2D eigenvalue weighted by Crippen LogP contribution is 2.19. The average Bonchev–Trinajstić information content (AvgIpc) is 2.59. The van der Waals surface area contributed by atoms with Crippen LogP contribution in [0, 0.1) is 0 Å². The fourth-order valence-corrected chi connectivity index (χ4v) is 2.88. The molecule has 1 unspecified atom stereocenters. The maximum atomic E-state index is 12.3. The molecular formula is C21H31NO4. The second-order valence-corrected chi connectivity index (χ2v) is 7.57. The second-order valence-electron chi connectivity index (χ2n) is 7.57. The fourth-order valence-electron chi connectivity index (χ4n) is 2.88. The molecule has 1 aliphatic rings. The summed E-state index contributed by atoms with van der Waals surface area (Å²) in [5.74, 6) is 0. The standard InChI is InChI=1S/C21H31NO4/c1-5-18(25-19-13-9-10-14-24-19)17(15-16-11-7-6-8-12-16)22-20(23)26-21(2,3)4/h5-8,11-12,17-19H,1,9-10,13-15H2,2-4H3,(H,22,23)/t17-,18-,19?/m0/s1. The van der Waals surface area contributed by atoms with Gasteiger partial charge in [0.15, 0.2) is 6.29 Å². The van der Waals surface area contributed by atoms with Crippen molar-refractivity contribution in [3.8, 4) is 0 Å². The number of alkyl carbamates (subject to hydrolysis) is 1. The van der Waals surface area contributed by atoms with E-state index >= 15 is 0 Å². The molecule has 0 bridgehead atoms. The Kier molecular flexibility index (Phi) is 7.66. The van der Waals surface area contributed by atoms with Gasteiger partial charge in [-0.25, -0.2) is 4.79 Å². The predicted octanol–water partition coefficient (Wildman–Crippen LogP) is 4.22. The third kappa shape index (κ3) is 7.18. The van der Waals surface area contributed by atoms with Crippen molar-refractivity contribution in [2.45, 2.75) is 70.5 Å². The van der Waals surface area contributed by atoms with Crippen molar-refractivity contribution in [1.82, 2.24) is 5.32 Å². The number of ether oxygens (including phenoxy) is 3. The zero-order chi connectivity index (χ0) is 19.0. The Morgan fingerprint density at radius 2 is 2.08 bits per heavy atom. The number of hydrogen-bond acceptors (Lipinski definition) is 4. The van der Waals surface area contributed by atoms with E-state index in [9.17, 15) is 4.79 Å². The van der Waals surface area contributed by atoms with E-state index in [0.29, 0.717) is 13.0 Å². The van der Waals surface area contributed by atoms with Crippen LogP contribution in [-0.2, 0) is 20.6 Å². The minimum atomic E-state index is -0.557. The first kappa shape index (κ1) is 20.5. The van der Waals surface area contributed by atoms with Crippen LogP contribution in [0.5, 0.6) is 0 Å². The third-order valence-electron chi connectivity index (χ3n) is 4.08. The van der Waals surface area contributed by atoms with E-state index in [4.69, 9.17) is 14.2 Å². The Bertz CT molecular complexity index is 561. The van der Waals surface area contributed by atoms with Crippen molar-refractivity contribution in [3.63, 3.8) is 0 Å². The monoisotopic (exact) mass is 361 g/mol. The van der Waals surface area contributed by atoms with Gasteiger partial charge in [-0.3, -0.25) is 0 Å². The van der Waals surface area contributed by atoms with Crippen LogP contribution in [0.25, 0.3) is 0 Å². The molecule has 144 valence electrons. The Hall–Kier alpha value is -1.85. The van der Waals surface area contributed by atoms with Gasteiger partial charge in [-0.2, -0.15) is 0 Å². The lowest BCUT2D eigenvalue weighted by atomic mass is 10.0. The molecule has 1 fully saturated rings. The number of carbonyl (C=O) groups is 1. The molecule has 5 nitrogen and oxygen atoms in total. The minimum absolute atomic E-state index is 0.259. The molecule has 26 heavy (non-hydrogen) atoms. The van der Waals surface area contributed by atoms with Gasteiger partial charge in [0.05, 0.1) is 12.1 Å². The van der Waals surface area contributed by atoms with Crippen molar-refractivity contribution in [2.75, 3.05) is 6.61 Å². The quantitative estimate of drug-likeness (QED) is 0.739. The molecule has 0 aromatic heterocycles. The molecule has 1 amide bonds. The fraction of sp³-hybridized carbons (Fsp3) is 0.571. The van der Waals surface area contributed by atoms with E-state index < -0.39 is 11.7 Å². The van der Waals surface area contributed by atoms with E-state index in [2.05, 4.69) is 11.9 Å². The van der Waals surface area contributed by atoms with Crippen LogP contribution in [0.1, 0.15) is 45.6 Å². The van der Waals surface area contributed by atoms with Crippen molar-refractivity contribution in [1.29, 1.82) is 0 Å². The number of nitrogens with one attached hydrogen (secondary N) is 1. The summed E-state index contributed by atoms with van der Waals surface area (Å²) in [5, 5.41) is 2.95. The first-order valence-corrected chi connectivity index (χ1v) is 9.30. The summed E-state index contributed by atoms with van der Waals surface area (Å²) in [4.78, 5) is 12.3. The second kappa shape index (κ2) is 9.74. The zero-order valence-corrected chi connectivity index (χ0v) is 16.1. The molecule has 0 saturated carbocycles. The summed E-state index contributed by atoms with van der Waals surface area (Å²) in [6.07, 6.45) is 4.25. The molecule has 1 aromatic rings. The van der Waals surface area contributed by atoms with Crippen LogP contribution in [-0.4, -0.2) is 36.7 Å². The molecule has 0 radical (unpaired) electrons. The molecule has 3 atom stereocenters. The number of rotatable bonds is 7. The van der Waals surface area contributed by atoms with Crippen molar-refractivity contribution >= 4 is 6.09 Å². The Morgan fingerprint density at radius 1 is 1.35 bits per heavy atom. The number of hydrogen-bond donors (Lipinski definition) is 1. The van der Waals surface area contributed by atoms with E-state index in [-0.39, 0.29) is 18.4 Å². The Balaban J connectivity index is 2.08. The average molecular weight is 361 g/mol. The van der Waals surface area contributed by atoms with Crippen LogP contribution >= 0.6 is 0 Å². The van der Waals surface area contributed by atoms with Crippen molar-refractivity contribution < 1.29 is 19.0 Å². The van der Waals surface area contributed by atoms with Gasteiger partial charge in [-0.1, -0.05) is 36.4 Å². The van der Waals surface area contributed by atoms with Gasteiger partial charge in [-0.05, 0) is 52.0 Å². The summed E-state index contributed by atoms with van der Waals surface area (Å²) in [6.45, 7) is 10.1. The summed E-state index contributed by atoms with van der Waals surface area (Å²) in [6, 6.07) is 9.69. The van der Waals surface area contributed by atoms with Gasteiger partial charge in [0.1, 0.15) is 5.60 Å². The molecule has 0 spiro atoms. The minimum Gasteiger partial charge on any atom is -0.444 e. The van der Waals surface area contributed by atoms with Crippen LogP contribution in [0.2, 0.25) is 0 Å². The molecule has 1 aromatic carbocycles. The molecule has 1 saturated heterocycles. The van der Waals surface area contributed by atoms with E-state index in [0.717, 1.165) is 24.8 Å². The van der Waals surface area contributed by atoms with Gasteiger partial charge < -0.3 is 19.5 Å². The lowest BCUT2D eigenvalue weighted by Crippen LogP contribution is -2.48. The van der Waals surface area contributed by atoms with Gasteiger partial charge >= 0.3 is 6.09 Å². The molecule has 1 N–H and O–H groups in total. The zero-order valence-electron chi connectivity index (χ0n) is 16.1. The van der Waals surface area contributed by atoms with E-state index in [1.165, 1.54) is 0 Å². The molecule has 1 heterocycles. The van der Waals surface area contributed by atoms with E-state index in [1.807, 2.05) is 51.1 Å². The lowest BCUT2D eigenvalue weighted by Gasteiger charge is -2.32. The summed E-state index contributed by atoms with van der Waals surface area (Å²) in [5.41, 5.74) is 0.548. The predicted molar refractivity (Wildman–Crippen MR) is 102 cm³/mol. The number of benzene rings is 1. The maximum Gasteiger partial charge on any atom is 0.407 e. The van der Waals surface area contributed by atoms with E-state index in [1.54, 1.807) is 6.08 Å². The van der Waals surface area contributed by atoms with Gasteiger partial charge in [0.2, 0.25) is 0 Å². The van der Waals surface area contributed by atoms with Crippen LogP contribution < -0.4 is 5.32 Å². The molecule has 2 rings (SSSR count). The first-order chi connectivity index (χ1) is 12.4. The summed E-state index contributed by atoms with van der Waals surface area (Å²) < 4.78 is 17.2. The number of carbonyl (C=O) groups excluding carboxylic acids is 1. The van der Waals surface area contributed by atoms with Gasteiger partial charge in [-0.15, -0.1) is 6.58 Å². The smallest absolute Gasteiger partial charge is 0.407 e. The normalized spacial score (nSPS) is 20.0. The van der Waals surface area contributed by atoms with Crippen LogP contribution in [0.3, 0.4) is 0 Å².